The summed E-state index contributed by atoms with van der Waals surface area (Å²) in [6.07, 6.45) is 2.18. The minimum Gasteiger partial charge on any atom is -0.296 e. The topological polar surface area (TPSA) is 20.3 Å². The van der Waals surface area contributed by atoms with Gasteiger partial charge >= 0.3 is 0 Å². The van der Waals surface area contributed by atoms with Crippen molar-refractivity contribution in [2.75, 3.05) is 13.6 Å². The number of hydrogen-bond donors (Lipinski definition) is 0. The Labute approximate surface area is 105 Å². The molecule has 0 heterocycles. The molecule has 94 valence electrons. The van der Waals surface area contributed by atoms with E-state index in [-0.39, 0.29) is 5.78 Å². The molecule has 1 rings (SSSR count). The smallest absolute Gasteiger partial charge is 0.176 e. The van der Waals surface area contributed by atoms with Gasteiger partial charge < -0.3 is 0 Å². The zero-order valence-electron chi connectivity index (χ0n) is 11.4. The molecule has 0 unspecified atom stereocenters. The largest absolute Gasteiger partial charge is 0.296 e. The van der Waals surface area contributed by atoms with Crippen molar-refractivity contribution in [2.45, 2.75) is 39.7 Å². The Morgan fingerprint density at radius 3 is 2.47 bits per heavy atom. The maximum atomic E-state index is 12.1. The van der Waals surface area contributed by atoms with E-state index in [0.717, 1.165) is 24.0 Å². The third-order valence-corrected chi connectivity index (χ3v) is 3.30. The zero-order valence-corrected chi connectivity index (χ0v) is 11.4. The molecule has 0 N–H and O–H groups in total. The molecule has 0 aliphatic carbocycles. The maximum Gasteiger partial charge on any atom is 0.176 e. The standard InChI is InChI=1S/C15H23NO/c1-5-14(6-2)16(4)11-15(17)13-9-7-8-12(3)10-13/h7-10,14H,5-6,11H2,1-4H3. The first-order chi connectivity index (χ1) is 8.08. The van der Waals surface area contributed by atoms with Crippen LogP contribution in [0.5, 0.6) is 0 Å². The summed E-state index contributed by atoms with van der Waals surface area (Å²) in [5, 5.41) is 0. The van der Waals surface area contributed by atoms with E-state index in [9.17, 15) is 4.79 Å². The van der Waals surface area contributed by atoms with Gasteiger partial charge in [-0.1, -0.05) is 37.6 Å². The van der Waals surface area contributed by atoms with Gasteiger partial charge in [0.2, 0.25) is 0 Å². The van der Waals surface area contributed by atoms with Crippen molar-refractivity contribution in [3.05, 3.63) is 35.4 Å². The summed E-state index contributed by atoms with van der Waals surface area (Å²) in [6, 6.07) is 8.32. The third kappa shape index (κ3) is 3.97. The molecule has 0 saturated heterocycles. The quantitative estimate of drug-likeness (QED) is 0.703. The fourth-order valence-corrected chi connectivity index (χ4v) is 2.18. The summed E-state index contributed by atoms with van der Waals surface area (Å²) in [4.78, 5) is 14.3. The van der Waals surface area contributed by atoms with Crippen LogP contribution in [0.3, 0.4) is 0 Å². The van der Waals surface area contributed by atoms with Crippen LogP contribution in [0.1, 0.15) is 42.6 Å². The van der Waals surface area contributed by atoms with Gasteiger partial charge in [0.25, 0.3) is 0 Å². The van der Waals surface area contributed by atoms with E-state index in [1.165, 1.54) is 0 Å². The lowest BCUT2D eigenvalue weighted by Gasteiger charge is -2.25. The molecule has 0 aromatic heterocycles. The molecular weight excluding hydrogens is 210 g/mol. The number of carbonyl (C=O) groups excluding carboxylic acids is 1. The second-order valence-electron chi connectivity index (χ2n) is 4.68. The van der Waals surface area contributed by atoms with Crippen molar-refractivity contribution < 1.29 is 4.79 Å². The van der Waals surface area contributed by atoms with E-state index < -0.39 is 0 Å². The molecule has 0 aliphatic heterocycles. The molecule has 0 amide bonds. The number of ketones is 1. The summed E-state index contributed by atoms with van der Waals surface area (Å²) in [5.41, 5.74) is 1.96. The maximum absolute atomic E-state index is 12.1. The van der Waals surface area contributed by atoms with Gasteiger partial charge in [-0.25, -0.2) is 0 Å². The van der Waals surface area contributed by atoms with Crippen LogP contribution in [0.15, 0.2) is 24.3 Å². The summed E-state index contributed by atoms with van der Waals surface area (Å²) < 4.78 is 0. The zero-order chi connectivity index (χ0) is 12.8. The lowest BCUT2D eigenvalue weighted by atomic mass is 10.1. The highest BCUT2D eigenvalue weighted by atomic mass is 16.1. The van der Waals surface area contributed by atoms with E-state index in [1.54, 1.807) is 0 Å². The highest BCUT2D eigenvalue weighted by molar-refractivity contribution is 5.97. The van der Waals surface area contributed by atoms with E-state index >= 15 is 0 Å². The minimum atomic E-state index is 0.211. The fraction of sp³-hybridized carbons (Fsp3) is 0.533. The Bertz CT molecular complexity index is 369. The number of carbonyl (C=O) groups is 1. The van der Waals surface area contributed by atoms with Gasteiger partial charge in [-0.05, 0) is 32.9 Å². The van der Waals surface area contributed by atoms with Crippen LogP contribution in [0.25, 0.3) is 0 Å². The first-order valence-corrected chi connectivity index (χ1v) is 6.38. The van der Waals surface area contributed by atoms with Crippen molar-refractivity contribution in [1.82, 2.24) is 4.90 Å². The normalized spacial score (nSPS) is 11.2. The van der Waals surface area contributed by atoms with Crippen molar-refractivity contribution in [1.29, 1.82) is 0 Å². The van der Waals surface area contributed by atoms with Crippen LogP contribution in [0.4, 0.5) is 0 Å². The third-order valence-electron chi connectivity index (χ3n) is 3.30. The predicted octanol–water partition coefficient (Wildman–Crippen LogP) is 3.30. The fourth-order valence-electron chi connectivity index (χ4n) is 2.18. The Kier molecular flexibility index (Phi) is 5.36. The molecule has 2 heteroatoms. The van der Waals surface area contributed by atoms with Gasteiger partial charge in [0.15, 0.2) is 5.78 Å². The van der Waals surface area contributed by atoms with Crippen LogP contribution >= 0.6 is 0 Å². The monoisotopic (exact) mass is 233 g/mol. The van der Waals surface area contributed by atoms with Crippen LogP contribution in [-0.4, -0.2) is 30.3 Å². The Morgan fingerprint density at radius 1 is 1.29 bits per heavy atom. The minimum absolute atomic E-state index is 0.211. The lowest BCUT2D eigenvalue weighted by Crippen LogP contribution is -2.35. The van der Waals surface area contributed by atoms with Crippen LogP contribution in [-0.2, 0) is 0 Å². The highest BCUT2D eigenvalue weighted by Gasteiger charge is 2.15. The van der Waals surface area contributed by atoms with Gasteiger partial charge in [0, 0.05) is 11.6 Å². The average Bonchev–Trinajstić information content (AvgIpc) is 2.30. The number of benzene rings is 1. The molecule has 1 aromatic rings. The molecule has 2 nitrogen and oxygen atoms in total. The van der Waals surface area contributed by atoms with E-state index in [0.29, 0.717) is 12.6 Å². The van der Waals surface area contributed by atoms with Gasteiger partial charge in [-0.3, -0.25) is 9.69 Å². The number of nitrogens with zero attached hydrogens (tertiary/aromatic N) is 1. The van der Waals surface area contributed by atoms with Gasteiger partial charge in [-0.2, -0.15) is 0 Å². The van der Waals surface area contributed by atoms with Crippen molar-refractivity contribution in [3.8, 4) is 0 Å². The van der Waals surface area contributed by atoms with E-state index in [4.69, 9.17) is 0 Å². The number of rotatable bonds is 6. The molecule has 0 saturated carbocycles. The SMILES string of the molecule is CCC(CC)N(C)CC(=O)c1cccc(C)c1. The summed E-state index contributed by atoms with van der Waals surface area (Å²) in [6.45, 7) is 6.86. The Morgan fingerprint density at radius 2 is 1.94 bits per heavy atom. The molecule has 0 fully saturated rings. The van der Waals surface area contributed by atoms with Crippen molar-refractivity contribution in [2.24, 2.45) is 0 Å². The molecule has 17 heavy (non-hydrogen) atoms. The summed E-state index contributed by atoms with van der Waals surface area (Å²) in [5.74, 6) is 0.211. The van der Waals surface area contributed by atoms with Crippen molar-refractivity contribution >= 4 is 5.78 Å². The van der Waals surface area contributed by atoms with Gasteiger partial charge in [-0.15, -0.1) is 0 Å². The second-order valence-corrected chi connectivity index (χ2v) is 4.68. The van der Waals surface area contributed by atoms with E-state index in [1.807, 2.05) is 38.2 Å². The van der Waals surface area contributed by atoms with Crippen LogP contribution in [0, 0.1) is 6.92 Å². The number of Topliss-reactive ketones (excluding diaryl/α,β-unsaturated/α-hetero) is 1. The Hall–Kier alpha value is -1.15. The molecule has 0 radical (unpaired) electrons. The lowest BCUT2D eigenvalue weighted by molar-refractivity contribution is 0.0915. The van der Waals surface area contributed by atoms with Crippen LogP contribution in [0.2, 0.25) is 0 Å². The Balaban J connectivity index is 2.66. The average molecular weight is 233 g/mol. The number of aryl methyl sites for hydroxylation is 1. The van der Waals surface area contributed by atoms with Crippen molar-refractivity contribution in [3.63, 3.8) is 0 Å². The highest BCUT2D eigenvalue weighted by Crippen LogP contribution is 2.09. The predicted molar refractivity (Wildman–Crippen MR) is 72.5 cm³/mol. The molecule has 0 atom stereocenters. The summed E-state index contributed by atoms with van der Waals surface area (Å²) >= 11 is 0. The van der Waals surface area contributed by atoms with Crippen LogP contribution < -0.4 is 0 Å². The van der Waals surface area contributed by atoms with Gasteiger partial charge in [0.1, 0.15) is 0 Å². The first-order valence-electron chi connectivity index (χ1n) is 6.38. The molecule has 1 aromatic carbocycles. The number of likely N-dealkylation sites (N-methyl/N-ethyl adjacent to an activating group) is 1. The molecule has 0 aliphatic rings. The second kappa shape index (κ2) is 6.55. The summed E-state index contributed by atoms with van der Waals surface area (Å²) in [7, 11) is 2.03. The van der Waals surface area contributed by atoms with Gasteiger partial charge in [0.05, 0.1) is 6.54 Å². The van der Waals surface area contributed by atoms with E-state index in [2.05, 4.69) is 18.7 Å². The molecular formula is C15H23NO. The molecule has 0 spiro atoms. The molecule has 0 bridgehead atoms. The number of hydrogen-bond acceptors (Lipinski definition) is 2. The first kappa shape index (κ1) is 13.9.